The van der Waals surface area contributed by atoms with Gasteiger partial charge in [-0.3, -0.25) is 4.79 Å². The van der Waals surface area contributed by atoms with E-state index in [9.17, 15) is 9.59 Å². The van der Waals surface area contributed by atoms with Gasteiger partial charge in [0, 0.05) is 11.9 Å². The van der Waals surface area contributed by atoms with Crippen LogP contribution in [0.4, 0.5) is 0 Å². The molecule has 0 radical (unpaired) electrons. The van der Waals surface area contributed by atoms with E-state index < -0.39 is 11.3 Å². The lowest BCUT2D eigenvalue weighted by molar-refractivity contribution is 0.419. The maximum absolute atomic E-state index is 11.8. The highest BCUT2D eigenvalue weighted by molar-refractivity contribution is 9.09. The van der Waals surface area contributed by atoms with Crippen molar-refractivity contribution in [3.05, 3.63) is 45.4 Å². The van der Waals surface area contributed by atoms with Crippen LogP contribution in [0.3, 0.4) is 0 Å². The summed E-state index contributed by atoms with van der Waals surface area (Å²) in [5, 5.41) is 0.502. The molecule has 1 aromatic heterocycles. The number of hydrogen-bond acceptors (Lipinski definition) is 3. The molecule has 0 saturated carbocycles. The van der Waals surface area contributed by atoms with E-state index in [1.807, 2.05) is 0 Å². The first-order chi connectivity index (χ1) is 7.15. The number of halogens is 1. The summed E-state index contributed by atoms with van der Waals surface area (Å²) in [6.45, 7) is 7.22. The second-order valence-electron chi connectivity index (χ2n) is 2.70. The molecule has 0 bridgehead atoms. The first kappa shape index (κ1) is 11.7. The average molecular weight is 272 g/mol. The summed E-state index contributed by atoms with van der Waals surface area (Å²) in [7, 11) is 0. The molecule has 4 nitrogen and oxygen atoms in total. The van der Waals surface area contributed by atoms with Crippen molar-refractivity contribution in [3.8, 4) is 0 Å². The van der Waals surface area contributed by atoms with Crippen molar-refractivity contribution < 1.29 is 4.42 Å². The van der Waals surface area contributed by atoms with Gasteiger partial charge in [-0.1, -0.05) is 35.2 Å². The second kappa shape index (κ2) is 4.93. The smallest absolute Gasteiger partial charge is 0.409 e. The Morgan fingerprint density at radius 1 is 1.33 bits per heavy atom. The van der Waals surface area contributed by atoms with Gasteiger partial charge in [0.25, 0.3) is 5.56 Å². The molecule has 1 heterocycles. The summed E-state index contributed by atoms with van der Waals surface area (Å²) >= 11 is 3.15. The summed E-state index contributed by atoms with van der Waals surface area (Å²) in [6, 6.07) is 0. The van der Waals surface area contributed by atoms with Crippen LogP contribution in [0.15, 0.2) is 27.2 Å². The minimum absolute atomic E-state index is 0.158. The Kier molecular flexibility index (Phi) is 3.85. The quantitative estimate of drug-likeness (QED) is 0.780. The molecule has 5 heteroatoms. The highest BCUT2D eigenvalue weighted by Crippen LogP contribution is 2.04. The Bertz CT molecular complexity index is 498. The van der Waals surface area contributed by atoms with Crippen LogP contribution in [0.25, 0.3) is 12.2 Å². The maximum atomic E-state index is 11.8. The van der Waals surface area contributed by atoms with Crippen molar-refractivity contribution in [2.24, 2.45) is 0 Å². The minimum Gasteiger partial charge on any atom is -0.409 e. The van der Waals surface area contributed by atoms with Crippen molar-refractivity contribution >= 4 is 28.1 Å². The lowest BCUT2D eigenvalue weighted by Gasteiger charge is -2.04. The summed E-state index contributed by atoms with van der Waals surface area (Å²) in [5.74, 6) is -0.522. The minimum atomic E-state index is -0.681. The molecular weight excluding hydrogens is 262 g/mol. The summed E-state index contributed by atoms with van der Waals surface area (Å²) < 4.78 is 5.92. The summed E-state index contributed by atoms with van der Waals surface area (Å²) in [6.07, 6.45) is 2.67. The predicted octanol–water partition coefficient (Wildman–Crippen LogP) is 1.48. The average Bonchev–Trinajstić information content (AvgIpc) is 2.23. The third-order valence-electron chi connectivity index (χ3n) is 1.86. The van der Waals surface area contributed by atoms with E-state index in [2.05, 4.69) is 29.1 Å². The zero-order valence-electron chi connectivity index (χ0n) is 8.03. The van der Waals surface area contributed by atoms with Gasteiger partial charge in [-0.05, 0) is 6.08 Å². The number of rotatable bonds is 4. The van der Waals surface area contributed by atoms with Crippen molar-refractivity contribution in [3.63, 3.8) is 0 Å². The Hall–Kier alpha value is -1.36. The molecule has 0 fully saturated rings. The molecule has 1 aromatic rings. The van der Waals surface area contributed by atoms with Crippen LogP contribution in [-0.4, -0.2) is 9.90 Å². The van der Waals surface area contributed by atoms with E-state index in [1.54, 1.807) is 0 Å². The molecule has 0 aromatic carbocycles. The van der Waals surface area contributed by atoms with Crippen LogP contribution < -0.4 is 11.3 Å². The van der Waals surface area contributed by atoms with E-state index in [-0.39, 0.29) is 17.9 Å². The van der Waals surface area contributed by atoms with E-state index in [4.69, 9.17) is 4.42 Å². The fraction of sp³-hybridized carbons (Fsp3) is 0.200. The van der Waals surface area contributed by atoms with Gasteiger partial charge in [0.15, 0.2) is 0 Å². The Morgan fingerprint density at radius 2 is 2.00 bits per heavy atom. The first-order valence-corrected chi connectivity index (χ1v) is 5.36. The Labute approximate surface area is 94.7 Å². The third-order valence-corrected chi connectivity index (χ3v) is 2.21. The molecule has 0 unspecified atom stereocenters. The fourth-order valence-electron chi connectivity index (χ4n) is 1.15. The van der Waals surface area contributed by atoms with Gasteiger partial charge in [-0.15, -0.1) is 0 Å². The maximum Gasteiger partial charge on any atom is 0.422 e. The Morgan fingerprint density at radius 3 is 2.47 bits per heavy atom. The second-order valence-corrected chi connectivity index (χ2v) is 3.49. The third kappa shape index (κ3) is 2.18. The van der Waals surface area contributed by atoms with Crippen molar-refractivity contribution in [2.75, 3.05) is 5.33 Å². The molecule has 0 N–H and O–H groups in total. The monoisotopic (exact) mass is 271 g/mol. The van der Waals surface area contributed by atoms with Crippen molar-refractivity contribution in [2.45, 2.75) is 6.54 Å². The molecule has 1 rings (SSSR count). The molecule has 0 amide bonds. The normalized spacial score (nSPS) is 9.93. The first-order valence-electron chi connectivity index (χ1n) is 4.24. The summed E-state index contributed by atoms with van der Waals surface area (Å²) in [5.41, 5.74) is -0.152. The SMILES string of the molecule is C=Cc1oc(=O)n(CCBr)c(=O)c1C=C. The zero-order valence-corrected chi connectivity index (χ0v) is 9.62. The lowest BCUT2D eigenvalue weighted by atomic mass is 10.2. The molecule has 0 aliphatic carbocycles. The largest absolute Gasteiger partial charge is 0.422 e. The number of aromatic nitrogens is 1. The topological polar surface area (TPSA) is 52.2 Å². The summed E-state index contributed by atoms with van der Waals surface area (Å²) in [4.78, 5) is 23.1. The lowest BCUT2D eigenvalue weighted by Crippen LogP contribution is -2.35. The van der Waals surface area contributed by atoms with Crippen LogP contribution in [0.5, 0.6) is 0 Å². The van der Waals surface area contributed by atoms with Crippen LogP contribution in [0.1, 0.15) is 11.3 Å². The standard InChI is InChI=1S/C10H10BrNO3/c1-3-7-8(4-2)15-10(14)12(6-5-11)9(7)13/h3-4H,1-2,5-6H2. The van der Waals surface area contributed by atoms with E-state index in [0.717, 1.165) is 4.57 Å². The van der Waals surface area contributed by atoms with Gasteiger partial charge in [0.05, 0.1) is 5.56 Å². The van der Waals surface area contributed by atoms with Gasteiger partial charge in [0.2, 0.25) is 0 Å². The number of alkyl halides is 1. The van der Waals surface area contributed by atoms with Crippen molar-refractivity contribution in [1.29, 1.82) is 0 Å². The molecular formula is C10H10BrNO3. The highest BCUT2D eigenvalue weighted by atomic mass is 79.9. The van der Waals surface area contributed by atoms with Crippen molar-refractivity contribution in [1.82, 2.24) is 4.57 Å². The van der Waals surface area contributed by atoms with Gasteiger partial charge >= 0.3 is 5.76 Å². The van der Waals surface area contributed by atoms with Crippen LogP contribution >= 0.6 is 15.9 Å². The predicted molar refractivity (Wildman–Crippen MR) is 63.2 cm³/mol. The van der Waals surface area contributed by atoms with Gasteiger partial charge in [-0.2, -0.15) is 0 Å². The number of nitrogens with zero attached hydrogens (tertiary/aromatic N) is 1. The van der Waals surface area contributed by atoms with E-state index >= 15 is 0 Å². The molecule has 80 valence electrons. The van der Waals surface area contributed by atoms with E-state index in [0.29, 0.717) is 5.33 Å². The molecule has 0 atom stereocenters. The fourth-order valence-corrected chi connectivity index (χ4v) is 1.51. The van der Waals surface area contributed by atoms with Gasteiger partial charge in [0.1, 0.15) is 5.76 Å². The molecule has 0 aliphatic rings. The number of hydrogen-bond donors (Lipinski definition) is 0. The molecule has 0 saturated heterocycles. The van der Waals surface area contributed by atoms with Crippen LogP contribution in [-0.2, 0) is 6.54 Å². The zero-order chi connectivity index (χ0) is 11.4. The van der Waals surface area contributed by atoms with E-state index in [1.165, 1.54) is 12.2 Å². The van der Waals surface area contributed by atoms with Gasteiger partial charge < -0.3 is 4.42 Å². The van der Waals surface area contributed by atoms with Crippen LogP contribution in [0, 0.1) is 0 Å². The highest BCUT2D eigenvalue weighted by Gasteiger charge is 2.10. The molecule has 0 spiro atoms. The van der Waals surface area contributed by atoms with Gasteiger partial charge in [-0.25, -0.2) is 9.36 Å². The van der Waals surface area contributed by atoms with Crippen LogP contribution in [0.2, 0.25) is 0 Å². The Balaban J connectivity index is 3.59. The molecule has 15 heavy (non-hydrogen) atoms. The molecule has 0 aliphatic heterocycles.